The Morgan fingerprint density at radius 1 is 1.45 bits per heavy atom. The number of carbonyl (C=O) groups excluding carboxylic acids is 1. The smallest absolute Gasteiger partial charge is 0.276 e. The summed E-state index contributed by atoms with van der Waals surface area (Å²) < 4.78 is 18.3. The van der Waals surface area contributed by atoms with Gasteiger partial charge in [-0.2, -0.15) is 5.10 Å². The maximum atomic E-state index is 13.5. The number of methoxy groups -OCH3 is 1. The summed E-state index contributed by atoms with van der Waals surface area (Å²) in [5, 5.41) is 9.44. The van der Waals surface area contributed by atoms with E-state index >= 15 is 0 Å². The standard InChI is InChI=1S/C14H14FN3O2/c1-20-13-5-4-9(6-10(13)15)16-14(19)12-7-11(17-18-12)8-2-3-8/h4-8H,2-3H2,1H3,(H,16,19)(H,17,18). The highest BCUT2D eigenvalue weighted by molar-refractivity contribution is 6.02. The fraction of sp³-hybridized carbons (Fsp3) is 0.286. The normalized spacial score (nSPS) is 14.1. The molecule has 1 aliphatic rings. The fourth-order valence-electron chi connectivity index (χ4n) is 2.00. The highest BCUT2D eigenvalue weighted by Gasteiger charge is 2.26. The van der Waals surface area contributed by atoms with Crippen molar-refractivity contribution in [3.8, 4) is 5.75 Å². The monoisotopic (exact) mass is 275 g/mol. The van der Waals surface area contributed by atoms with Crippen molar-refractivity contribution in [1.82, 2.24) is 10.2 Å². The Kier molecular flexibility index (Phi) is 3.14. The van der Waals surface area contributed by atoms with Crippen molar-refractivity contribution < 1.29 is 13.9 Å². The number of ether oxygens (including phenoxy) is 1. The molecule has 5 nitrogen and oxygen atoms in total. The van der Waals surface area contributed by atoms with E-state index in [0.29, 0.717) is 17.3 Å². The Morgan fingerprint density at radius 3 is 2.90 bits per heavy atom. The number of aromatic amines is 1. The molecule has 1 saturated carbocycles. The van der Waals surface area contributed by atoms with Crippen LogP contribution in [-0.2, 0) is 0 Å². The van der Waals surface area contributed by atoms with Crippen LogP contribution in [0.1, 0.15) is 34.9 Å². The van der Waals surface area contributed by atoms with Crippen LogP contribution in [0.5, 0.6) is 5.75 Å². The number of nitrogens with zero attached hydrogens (tertiary/aromatic N) is 1. The fourth-order valence-corrected chi connectivity index (χ4v) is 2.00. The number of hydrogen-bond acceptors (Lipinski definition) is 3. The van der Waals surface area contributed by atoms with Gasteiger partial charge in [0.15, 0.2) is 17.3 Å². The van der Waals surface area contributed by atoms with Gasteiger partial charge in [-0.25, -0.2) is 4.39 Å². The second-order valence-corrected chi connectivity index (χ2v) is 4.79. The van der Waals surface area contributed by atoms with Crippen LogP contribution in [0.25, 0.3) is 0 Å². The van der Waals surface area contributed by atoms with Gasteiger partial charge in [0.1, 0.15) is 0 Å². The first-order valence-electron chi connectivity index (χ1n) is 6.37. The lowest BCUT2D eigenvalue weighted by molar-refractivity contribution is 0.102. The summed E-state index contributed by atoms with van der Waals surface area (Å²) in [6, 6.07) is 6.00. The molecule has 1 amide bonds. The van der Waals surface area contributed by atoms with Crippen molar-refractivity contribution in [3.63, 3.8) is 0 Å². The SMILES string of the molecule is COc1ccc(NC(=O)c2cc(C3CC3)[nH]n2)cc1F. The molecule has 104 valence electrons. The maximum Gasteiger partial charge on any atom is 0.276 e. The number of hydrogen-bond donors (Lipinski definition) is 2. The van der Waals surface area contributed by atoms with Crippen LogP contribution in [0.2, 0.25) is 0 Å². The molecule has 0 aliphatic heterocycles. The number of halogens is 1. The van der Waals surface area contributed by atoms with Crippen LogP contribution in [0.4, 0.5) is 10.1 Å². The predicted molar refractivity (Wildman–Crippen MR) is 71.5 cm³/mol. The van der Waals surface area contributed by atoms with E-state index in [1.165, 1.54) is 19.2 Å². The van der Waals surface area contributed by atoms with E-state index in [4.69, 9.17) is 4.74 Å². The van der Waals surface area contributed by atoms with Crippen molar-refractivity contribution in [2.24, 2.45) is 0 Å². The third-order valence-corrected chi connectivity index (χ3v) is 3.26. The van der Waals surface area contributed by atoms with Crippen LogP contribution >= 0.6 is 0 Å². The summed E-state index contributed by atoms with van der Waals surface area (Å²) >= 11 is 0. The average Bonchev–Trinajstić information content (AvgIpc) is 3.16. The molecule has 1 aromatic heterocycles. The quantitative estimate of drug-likeness (QED) is 0.901. The third-order valence-electron chi connectivity index (χ3n) is 3.26. The molecule has 2 N–H and O–H groups in total. The molecule has 0 bridgehead atoms. The Bertz CT molecular complexity index is 650. The lowest BCUT2D eigenvalue weighted by Gasteiger charge is -2.05. The first kappa shape index (κ1) is 12.7. The second-order valence-electron chi connectivity index (χ2n) is 4.79. The van der Waals surface area contributed by atoms with E-state index in [2.05, 4.69) is 15.5 Å². The molecule has 0 spiro atoms. The van der Waals surface area contributed by atoms with Crippen molar-refractivity contribution in [3.05, 3.63) is 41.5 Å². The van der Waals surface area contributed by atoms with Gasteiger partial charge in [-0.1, -0.05) is 0 Å². The van der Waals surface area contributed by atoms with E-state index in [0.717, 1.165) is 18.5 Å². The minimum atomic E-state index is -0.522. The molecule has 1 heterocycles. The largest absolute Gasteiger partial charge is 0.494 e. The second kappa shape index (κ2) is 4.96. The van der Waals surface area contributed by atoms with Gasteiger partial charge in [-0.05, 0) is 31.0 Å². The number of H-pyrrole nitrogens is 1. The Labute approximate surface area is 115 Å². The minimum absolute atomic E-state index is 0.138. The Balaban J connectivity index is 1.72. The van der Waals surface area contributed by atoms with Crippen LogP contribution in [0.15, 0.2) is 24.3 Å². The van der Waals surface area contributed by atoms with Gasteiger partial charge >= 0.3 is 0 Å². The Hall–Kier alpha value is -2.37. The maximum absolute atomic E-state index is 13.5. The van der Waals surface area contributed by atoms with Gasteiger partial charge < -0.3 is 10.1 Å². The molecule has 2 aromatic rings. The lowest BCUT2D eigenvalue weighted by Crippen LogP contribution is -2.12. The predicted octanol–water partition coefficient (Wildman–Crippen LogP) is 2.69. The molecule has 0 unspecified atom stereocenters. The summed E-state index contributed by atoms with van der Waals surface area (Å²) in [4.78, 5) is 12.0. The van der Waals surface area contributed by atoms with E-state index in [1.807, 2.05) is 0 Å². The van der Waals surface area contributed by atoms with Crippen molar-refractivity contribution in [2.45, 2.75) is 18.8 Å². The summed E-state index contributed by atoms with van der Waals surface area (Å²) in [5.41, 5.74) is 1.66. The van der Waals surface area contributed by atoms with E-state index in [1.54, 1.807) is 12.1 Å². The van der Waals surface area contributed by atoms with Crippen molar-refractivity contribution >= 4 is 11.6 Å². The molecule has 1 aromatic carbocycles. The molecule has 3 rings (SSSR count). The number of benzene rings is 1. The number of aromatic nitrogens is 2. The van der Waals surface area contributed by atoms with Crippen LogP contribution in [-0.4, -0.2) is 23.2 Å². The van der Waals surface area contributed by atoms with Gasteiger partial charge in [-0.3, -0.25) is 9.89 Å². The number of anilines is 1. The average molecular weight is 275 g/mol. The molecule has 1 aliphatic carbocycles. The molecular formula is C14H14FN3O2. The first-order chi connectivity index (χ1) is 9.67. The first-order valence-corrected chi connectivity index (χ1v) is 6.37. The number of amides is 1. The zero-order valence-electron chi connectivity index (χ0n) is 10.9. The number of rotatable bonds is 4. The molecular weight excluding hydrogens is 261 g/mol. The molecule has 0 radical (unpaired) electrons. The summed E-state index contributed by atoms with van der Waals surface area (Å²) in [7, 11) is 1.39. The van der Waals surface area contributed by atoms with Gasteiger partial charge in [0, 0.05) is 23.4 Å². The zero-order chi connectivity index (χ0) is 14.1. The van der Waals surface area contributed by atoms with Crippen LogP contribution < -0.4 is 10.1 Å². The zero-order valence-corrected chi connectivity index (χ0v) is 10.9. The van der Waals surface area contributed by atoms with Gasteiger partial charge in [0.25, 0.3) is 5.91 Å². The summed E-state index contributed by atoms with van der Waals surface area (Å²) in [5.74, 6) is -0.245. The Morgan fingerprint density at radius 2 is 2.25 bits per heavy atom. The highest BCUT2D eigenvalue weighted by atomic mass is 19.1. The number of carbonyl (C=O) groups is 1. The summed E-state index contributed by atoms with van der Waals surface area (Å²) in [6.45, 7) is 0. The van der Waals surface area contributed by atoms with Crippen molar-refractivity contribution in [2.75, 3.05) is 12.4 Å². The minimum Gasteiger partial charge on any atom is -0.494 e. The molecule has 6 heteroatoms. The van der Waals surface area contributed by atoms with Crippen LogP contribution in [0, 0.1) is 5.82 Å². The van der Waals surface area contributed by atoms with E-state index in [9.17, 15) is 9.18 Å². The molecule has 1 fully saturated rings. The van der Waals surface area contributed by atoms with Gasteiger partial charge in [0.05, 0.1) is 7.11 Å². The highest BCUT2D eigenvalue weighted by Crippen LogP contribution is 2.39. The summed E-state index contributed by atoms with van der Waals surface area (Å²) in [6.07, 6.45) is 2.26. The molecule has 0 atom stereocenters. The van der Waals surface area contributed by atoms with Crippen LogP contribution in [0.3, 0.4) is 0 Å². The lowest BCUT2D eigenvalue weighted by atomic mass is 10.2. The van der Waals surface area contributed by atoms with E-state index < -0.39 is 5.82 Å². The molecule has 0 saturated heterocycles. The topological polar surface area (TPSA) is 67.0 Å². The number of nitrogens with one attached hydrogen (secondary N) is 2. The molecule has 20 heavy (non-hydrogen) atoms. The van der Waals surface area contributed by atoms with E-state index in [-0.39, 0.29) is 11.7 Å². The van der Waals surface area contributed by atoms with Gasteiger partial charge in [-0.15, -0.1) is 0 Å². The van der Waals surface area contributed by atoms with Crippen molar-refractivity contribution in [1.29, 1.82) is 0 Å². The van der Waals surface area contributed by atoms with Gasteiger partial charge in [0.2, 0.25) is 0 Å². The third kappa shape index (κ3) is 2.49.